The fourth-order valence-electron chi connectivity index (χ4n) is 4.69. The van der Waals surface area contributed by atoms with E-state index in [-0.39, 0.29) is 18.0 Å². The van der Waals surface area contributed by atoms with E-state index in [1.807, 2.05) is 35.1 Å². The lowest BCUT2D eigenvalue weighted by molar-refractivity contribution is 0.0148. The molecule has 1 fully saturated rings. The molecule has 0 bridgehead atoms. The maximum absolute atomic E-state index is 13.5. The third kappa shape index (κ3) is 5.48. The van der Waals surface area contributed by atoms with Gasteiger partial charge in [0.15, 0.2) is 0 Å². The number of hydrogen-bond donors (Lipinski definition) is 1. The number of aromatic nitrogens is 5. The number of likely N-dealkylation sites (tertiary alicyclic amines) is 1. The molecular weight excluding hydrogens is 529 g/mol. The average molecular weight is 558 g/mol. The summed E-state index contributed by atoms with van der Waals surface area (Å²) in [5.41, 5.74) is 4.15. The number of nitrogens with one attached hydrogen (secondary N) is 1. The predicted octanol–water partition coefficient (Wildman–Crippen LogP) is 6.66. The molecule has 0 saturated carbocycles. The number of hydrogen-bond acceptors (Lipinski definition) is 7. The monoisotopic (exact) mass is 557 g/mol. The lowest BCUT2D eigenvalue weighted by Gasteiger charge is -2.47. The zero-order valence-electron chi connectivity index (χ0n) is 22.5. The van der Waals surface area contributed by atoms with E-state index in [1.165, 1.54) is 18.5 Å². The van der Waals surface area contributed by atoms with E-state index in [1.54, 1.807) is 24.3 Å². The summed E-state index contributed by atoms with van der Waals surface area (Å²) < 4.78 is 21.2. The minimum atomic E-state index is -0.303. The Balaban J connectivity index is 1.19. The normalized spacial score (nSPS) is 14.3. The first-order valence-electron chi connectivity index (χ1n) is 13.1. The third-order valence-corrected chi connectivity index (χ3v) is 7.40. The van der Waals surface area contributed by atoms with Crippen LogP contribution in [0.2, 0.25) is 5.02 Å². The van der Waals surface area contributed by atoms with Gasteiger partial charge in [-0.25, -0.2) is 19.0 Å². The second-order valence-electron chi connectivity index (χ2n) is 11.0. The van der Waals surface area contributed by atoms with Gasteiger partial charge < -0.3 is 10.1 Å². The molecule has 1 N–H and O–H groups in total. The number of anilines is 2. The molecule has 1 aliphatic heterocycles. The number of rotatable bonds is 7. The van der Waals surface area contributed by atoms with Crippen LogP contribution in [-0.4, -0.2) is 48.5 Å². The number of fused-ring (bicyclic) bond motifs is 1. The highest BCUT2D eigenvalue weighted by atomic mass is 35.5. The zero-order chi connectivity index (χ0) is 27.9. The van der Waals surface area contributed by atoms with Crippen molar-refractivity contribution < 1.29 is 9.13 Å². The number of nitrogens with zero attached hydrogens (tertiary/aromatic N) is 6. The summed E-state index contributed by atoms with van der Waals surface area (Å²) in [6.07, 6.45) is 3.53. The van der Waals surface area contributed by atoms with Crippen LogP contribution >= 0.6 is 11.6 Å². The Hall–Kier alpha value is -4.08. The van der Waals surface area contributed by atoms with Crippen molar-refractivity contribution in [2.45, 2.75) is 39.0 Å². The quantitative estimate of drug-likeness (QED) is 0.240. The van der Waals surface area contributed by atoms with Crippen LogP contribution < -0.4 is 10.1 Å². The second kappa shape index (κ2) is 10.5. The molecule has 3 aromatic carbocycles. The van der Waals surface area contributed by atoms with Crippen molar-refractivity contribution in [2.75, 3.05) is 18.4 Å². The van der Waals surface area contributed by atoms with Crippen LogP contribution in [0.3, 0.4) is 0 Å². The topological polar surface area (TPSA) is 81.0 Å². The van der Waals surface area contributed by atoms with E-state index in [9.17, 15) is 4.39 Å². The van der Waals surface area contributed by atoms with E-state index in [0.717, 1.165) is 46.5 Å². The molecule has 1 saturated heterocycles. The van der Waals surface area contributed by atoms with Crippen molar-refractivity contribution in [3.05, 3.63) is 89.6 Å². The van der Waals surface area contributed by atoms with E-state index >= 15 is 0 Å². The number of ether oxygens (including phenoxy) is 1. The van der Waals surface area contributed by atoms with Crippen molar-refractivity contribution in [3.63, 3.8) is 0 Å². The summed E-state index contributed by atoms with van der Waals surface area (Å²) in [6.45, 7) is 8.81. The summed E-state index contributed by atoms with van der Waals surface area (Å²) in [4.78, 5) is 11.3. The number of halogens is 2. The molecule has 0 radical (unpaired) electrons. The van der Waals surface area contributed by atoms with Gasteiger partial charge in [-0.05, 0) is 68.8 Å². The van der Waals surface area contributed by atoms with Crippen LogP contribution in [-0.2, 0) is 6.61 Å². The van der Waals surface area contributed by atoms with E-state index in [4.69, 9.17) is 16.3 Å². The Kier molecular flexibility index (Phi) is 6.85. The molecule has 0 aliphatic carbocycles. The molecule has 0 amide bonds. The molecule has 40 heavy (non-hydrogen) atoms. The van der Waals surface area contributed by atoms with Crippen LogP contribution in [0.1, 0.15) is 32.4 Å². The first-order chi connectivity index (χ1) is 19.2. The fourth-order valence-corrected chi connectivity index (χ4v) is 4.93. The third-order valence-electron chi connectivity index (χ3n) is 7.10. The largest absolute Gasteiger partial charge is 0.487 e. The van der Waals surface area contributed by atoms with Gasteiger partial charge in [0, 0.05) is 35.3 Å². The van der Waals surface area contributed by atoms with Gasteiger partial charge in [0.2, 0.25) is 0 Å². The van der Waals surface area contributed by atoms with Gasteiger partial charge in [0.05, 0.1) is 22.8 Å². The first-order valence-corrected chi connectivity index (χ1v) is 13.5. The van der Waals surface area contributed by atoms with Gasteiger partial charge in [-0.3, -0.25) is 4.90 Å². The Morgan fingerprint density at radius 2 is 1.90 bits per heavy atom. The van der Waals surface area contributed by atoms with Crippen LogP contribution in [0.15, 0.2) is 73.2 Å². The molecule has 5 aromatic rings. The molecule has 3 heterocycles. The summed E-state index contributed by atoms with van der Waals surface area (Å²) >= 11 is 6.50. The maximum Gasteiger partial charge on any atom is 0.141 e. The molecular formula is C30H29ClFN7O. The molecule has 1 aliphatic rings. The van der Waals surface area contributed by atoms with E-state index < -0.39 is 0 Å². The SMILES string of the molecule is CC(C)(C)N1CC(n2cc(-c3ccc4ncnc(Nc5ccc(OCc6cccc(F)c6)c(Cl)c5)c4c3)nn2)C1. The Morgan fingerprint density at radius 1 is 1.05 bits per heavy atom. The Bertz CT molecular complexity index is 1680. The fraction of sp³-hybridized carbons (Fsp3) is 0.267. The second-order valence-corrected chi connectivity index (χ2v) is 11.4. The standard InChI is InChI=1S/C30H29ClFN7O/c1-30(2,3)38-14-23(15-38)39-16-27(36-37-39)20-7-9-26-24(12-20)29(34-18-33-26)35-22-8-10-28(25(31)13-22)40-17-19-5-4-6-21(32)11-19/h4-13,16,18,23H,14-15,17H2,1-3H3,(H,33,34,35). The van der Waals surface area contributed by atoms with Gasteiger partial charge in [-0.2, -0.15) is 0 Å². The Morgan fingerprint density at radius 3 is 2.67 bits per heavy atom. The minimum Gasteiger partial charge on any atom is -0.487 e. The first kappa shape index (κ1) is 26.2. The van der Waals surface area contributed by atoms with E-state index in [0.29, 0.717) is 22.6 Å². The lowest BCUT2D eigenvalue weighted by atomic mass is 9.98. The van der Waals surface area contributed by atoms with Crippen LogP contribution in [0.5, 0.6) is 5.75 Å². The molecule has 0 spiro atoms. The molecule has 8 nitrogen and oxygen atoms in total. The zero-order valence-corrected chi connectivity index (χ0v) is 23.2. The van der Waals surface area contributed by atoms with Crippen molar-refractivity contribution in [1.82, 2.24) is 29.9 Å². The van der Waals surface area contributed by atoms with Gasteiger partial charge in [0.1, 0.15) is 36.0 Å². The lowest BCUT2D eigenvalue weighted by Crippen LogP contribution is -2.56. The highest BCUT2D eigenvalue weighted by Gasteiger charge is 2.36. The maximum atomic E-state index is 13.5. The predicted molar refractivity (Wildman–Crippen MR) is 154 cm³/mol. The molecule has 0 unspecified atom stereocenters. The summed E-state index contributed by atoms with van der Waals surface area (Å²) in [5.74, 6) is 0.845. The molecule has 2 aromatic heterocycles. The van der Waals surface area contributed by atoms with Gasteiger partial charge in [0.25, 0.3) is 0 Å². The van der Waals surface area contributed by atoms with E-state index in [2.05, 4.69) is 51.3 Å². The summed E-state index contributed by atoms with van der Waals surface area (Å²) in [5, 5.41) is 13.5. The van der Waals surface area contributed by atoms with Gasteiger partial charge >= 0.3 is 0 Å². The number of benzene rings is 3. The minimum absolute atomic E-state index is 0.155. The van der Waals surface area contributed by atoms with Crippen molar-refractivity contribution >= 4 is 34.0 Å². The van der Waals surface area contributed by atoms with Crippen molar-refractivity contribution in [3.8, 4) is 17.0 Å². The molecule has 10 heteroatoms. The average Bonchev–Trinajstić information content (AvgIpc) is 3.36. The van der Waals surface area contributed by atoms with Gasteiger partial charge in [-0.1, -0.05) is 35.0 Å². The molecule has 6 rings (SSSR count). The van der Waals surface area contributed by atoms with Crippen molar-refractivity contribution in [1.29, 1.82) is 0 Å². The molecule has 204 valence electrons. The van der Waals surface area contributed by atoms with Gasteiger partial charge in [-0.15, -0.1) is 5.10 Å². The summed E-state index contributed by atoms with van der Waals surface area (Å²) in [7, 11) is 0. The smallest absolute Gasteiger partial charge is 0.141 e. The molecule has 0 atom stereocenters. The highest BCUT2D eigenvalue weighted by molar-refractivity contribution is 6.32. The van der Waals surface area contributed by atoms with Crippen LogP contribution in [0.25, 0.3) is 22.2 Å². The Labute approximate surface area is 236 Å². The van der Waals surface area contributed by atoms with Crippen LogP contribution in [0, 0.1) is 5.82 Å². The van der Waals surface area contributed by atoms with Crippen molar-refractivity contribution in [2.24, 2.45) is 0 Å². The summed E-state index contributed by atoms with van der Waals surface area (Å²) in [6, 6.07) is 18.0. The highest BCUT2D eigenvalue weighted by Crippen LogP contribution is 2.33. The van der Waals surface area contributed by atoms with Crippen LogP contribution in [0.4, 0.5) is 15.9 Å².